The smallest absolute Gasteiger partial charge is 0.166 e. The Bertz CT molecular complexity index is 725. The fourth-order valence-electron chi connectivity index (χ4n) is 2.92. The molecule has 0 unspecified atom stereocenters. The number of benzene rings is 2. The van der Waals surface area contributed by atoms with Crippen molar-refractivity contribution in [3.63, 3.8) is 0 Å². The first kappa shape index (κ1) is 17.5. The summed E-state index contributed by atoms with van der Waals surface area (Å²) >= 11 is 0. The molecule has 3 rings (SSSR count). The zero-order valence-corrected chi connectivity index (χ0v) is 14.5. The number of aromatic hydroxyl groups is 1. The molecule has 2 aromatic rings. The topological polar surface area (TPSA) is 54.3 Å². The van der Waals surface area contributed by atoms with Crippen LogP contribution in [0, 0.1) is 0 Å². The van der Waals surface area contributed by atoms with E-state index in [-0.39, 0.29) is 5.75 Å². The molecule has 2 aromatic carbocycles. The fraction of sp³-hybridized carbons (Fsp3) is 0.350. The molecule has 25 heavy (non-hydrogen) atoms. The summed E-state index contributed by atoms with van der Waals surface area (Å²) in [5.41, 5.74) is 3.15. The van der Waals surface area contributed by atoms with Crippen LogP contribution in [0.3, 0.4) is 0 Å². The van der Waals surface area contributed by atoms with Crippen molar-refractivity contribution in [3.8, 4) is 11.5 Å². The minimum atomic E-state index is 0.121. The number of ether oxygens (including phenoxy) is 2. The fourth-order valence-corrected chi connectivity index (χ4v) is 2.92. The molecule has 0 amide bonds. The third-order valence-electron chi connectivity index (χ3n) is 4.36. The van der Waals surface area contributed by atoms with E-state index in [2.05, 4.69) is 28.1 Å². The van der Waals surface area contributed by atoms with Crippen LogP contribution >= 0.6 is 0 Å². The predicted molar refractivity (Wildman–Crippen MR) is 98.5 cm³/mol. The molecule has 0 atom stereocenters. The molecular weight excluding hydrogens is 316 g/mol. The van der Waals surface area contributed by atoms with Gasteiger partial charge in [-0.1, -0.05) is 30.3 Å². The highest BCUT2D eigenvalue weighted by molar-refractivity contribution is 5.84. The minimum absolute atomic E-state index is 0.121. The zero-order valence-electron chi connectivity index (χ0n) is 14.5. The second-order valence-corrected chi connectivity index (χ2v) is 6.03. The first-order chi connectivity index (χ1) is 12.3. The number of phenols is 1. The normalized spacial score (nSPS) is 15.6. The van der Waals surface area contributed by atoms with Gasteiger partial charge in [0.05, 0.1) is 26.9 Å². The molecule has 0 aliphatic carbocycles. The molecule has 1 N–H and O–H groups in total. The molecule has 5 heteroatoms. The molecule has 0 bridgehead atoms. The highest BCUT2D eigenvalue weighted by Crippen LogP contribution is 2.28. The average molecular weight is 340 g/mol. The lowest BCUT2D eigenvalue weighted by molar-refractivity contribution is 0.0341. The summed E-state index contributed by atoms with van der Waals surface area (Å²) < 4.78 is 10.5. The Morgan fingerprint density at radius 2 is 1.88 bits per heavy atom. The second-order valence-electron chi connectivity index (χ2n) is 6.03. The number of nitrogens with zero attached hydrogens (tertiary/aromatic N) is 2. The predicted octanol–water partition coefficient (Wildman–Crippen LogP) is 2.85. The molecule has 1 saturated heterocycles. The molecular formula is C20H24N2O3. The maximum Gasteiger partial charge on any atom is 0.166 e. The van der Waals surface area contributed by atoms with Gasteiger partial charge in [0.15, 0.2) is 11.5 Å². The van der Waals surface area contributed by atoms with E-state index in [9.17, 15) is 5.11 Å². The molecule has 0 saturated carbocycles. The molecule has 0 spiro atoms. The zero-order chi connectivity index (χ0) is 17.5. The van der Waals surface area contributed by atoms with Crippen molar-refractivity contribution in [3.05, 3.63) is 59.2 Å². The Labute approximate surface area is 148 Å². The van der Waals surface area contributed by atoms with Gasteiger partial charge in [-0.2, -0.15) is 0 Å². The van der Waals surface area contributed by atoms with E-state index < -0.39 is 0 Å². The van der Waals surface area contributed by atoms with Crippen molar-refractivity contribution in [2.75, 3.05) is 33.4 Å². The minimum Gasteiger partial charge on any atom is -0.504 e. The number of phenolic OH excluding ortho intramolecular Hbond substituents is 1. The number of hydrogen-bond acceptors (Lipinski definition) is 5. The first-order valence-corrected chi connectivity index (χ1v) is 8.50. The quantitative estimate of drug-likeness (QED) is 0.822. The Morgan fingerprint density at radius 1 is 1.12 bits per heavy atom. The Kier molecular flexibility index (Phi) is 6.04. The molecule has 1 fully saturated rings. The standard InChI is InChI=1S/C20H24N2O3/c1-24-19-8-4-7-17(20(19)23)14-21-13-16-5-2-3-6-18(16)15-22-9-11-25-12-10-22/h2-8,14,23H,9-13,15H2,1H3. The van der Waals surface area contributed by atoms with Crippen molar-refractivity contribution < 1.29 is 14.6 Å². The van der Waals surface area contributed by atoms with E-state index in [1.54, 1.807) is 12.3 Å². The largest absolute Gasteiger partial charge is 0.504 e. The van der Waals surface area contributed by atoms with Crippen LogP contribution in [0.5, 0.6) is 11.5 Å². The van der Waals surface area contributed by atoms with Crippen LogP contribution < -0.4 is 4.74 Å². The van der Waals surface area contributed by atoms with Gasteiger partial charge in [0.1, 0.15) is 0 Å². The van der Waals surface area contributed by atoms with Crippen molar-refractivity contribution in [2.24, 2.45) is 4.99 Å². The maximum atomic E-state index is 10.1. The van der Waals surface area contributed by atoms with E-state index in [1.807, 2.05) is 18.2 Å². The number of aliphatic imine (C=N–C) groups is 1. The average Bonchev–Trinajstić information content (AvgIpc) is 2.65. The number of hydrogen-bond donors (Lipinski definition) is 1. The van der Waals surface area contributed by atoms with Crippen LogP contribution in [0.1, 0.15) is 16.7 Å². The van der Waals surface area contributed by atoms with Gasteiger partial charge in [0, 0.05) is 31.4 Å². The number of methoxy groups -OCH3 is 1. The van der Waals surface area contributed by atoms with E-state index >= 15 is 0 Å². The molecule has 0 aromatic heterocycles. The molecule has 5 nitrogen and oxygen atoms in total. The summed E-state index contributed by atoms with van der Waals surface area (Å²) in [6.45, 7) is 5.03. The van der Waals surface area contributed by atoms with Gasteiger partial charge in [-0.3, -0.25) is 9.89 Å². The number of rotatable bonds is 6. The summed E-state index contributed by atoms with van der Waals surface area (Å²) in [6.07, 6.45) is 1.70. The first-order valence-electron chi connectivity index (χ1n) is 8.50. The van der Waals surface area contributed by atoms with Gasteiger partial charge in [-0.15, -0.1) is 0 Å². The summed E-state index contributed by atoms with van der Waals surface area (Å²) in [5.74, 6) is 0.576. The van der Waals surface area contributed by atoms with Gasteiger partial charge >= 0.3 is 0 Å². The van der Waals surface area contributed by atoms with E-state index in [1.165, 1.54) is 18.2 Å². The van der Waals surface area contributed by atoms with E-state index in [0.717, 1.165) is 32.8 Å². The lowest BCUT2D eigenvalue weighted by atomic mass is 10.1. The van der Waals surface area contributed by atoms with Crippen LogP contribution in [0.15, 0.2) is 47.5 Å². The molecule has 1 heterocycles. The molecule has 1 aliphatic heterocycles. The van der Waals surface area contributed by atoms with Gasteiger partial charge in [0.25, 0.3) is 0 Å². The van der Waals surface area contributed by atoms with Crippen LogP contribution in [0.25, 0.3) is 0 Å². The van der Waals surface area contributed by atoms with Gasteiger partial charge in [-0.05, 0) is 23.3 Å². The Hall–Kier alpha value is -2.37. The summed E-state index contributed by atoms with van der Waals surface area (Å²) in [6, 6.07) is 13.8. The molecule has 0 radical (unpaired) electrons. The second kappa shape index (κ2) is 8.65. The van der Waals surface area contributed by atoms with Gasteiger partial charge in [-0.25, -0.2) is 0 Å². The summed E-state index contributed by atoms with van der Waals surface area (Å²) in [5, 5.41) is 10.1. The van der Waals surface area contributed by atoms with Crippen LogP contribution in [-0.2, 0) is 17.8 Å². The van der Waals surface area contributed by atoms with Crippen molar-refractivity contribution in [1.82, 2.24) is 4.90 Å². The van der Waals surface area contributed by atoms with Crippen LogP contribution in [0.2, 0.25) is 0 Å². The van der Waals surface area contributed by atoms with E-state index in [0.29, 0.717) is 17.9 Å². The van der Waals surface area contributed by atoms with Gasteiger partial charge in [0.2, 0.25) is 0 Å². The van der Waals surface area contributed by atoms with Crippen LogP contribution in [-0.4, -0.2) is 49.6 Å². The lowest BCUT2D eigenvalue weighted by Gasteiger charge is -2.27. The Balaban J connectivity index is 1.69. The maximum absolute atomic E-state index is 10.1. The SMILES string of the molecule is COc1cccc(C=NCc2ccccc2CN2CCOCC2)c1O. The molecule has 1 aliphatic rings. The molecule has 132 valence electrons. The Morgan fingerprint density at radius 3 is 2.64 bits per heavy atom. The summed E-state index contributed by atoms with van der Waals surface area (Å²) in [7, 11) is 1.54. The lowest BCUT2D eigenvalue weighted by Crippen LogP contribution is -2.35. The third-order valence-corrected chi connectivity index (χ3v) is 4.36. The van der Waals surface area contributed by atoms with Crippen molar-refractivity contribution >= 4 is 6.21 Å². The highest BCUT2D eigenvalue weighted by atomic mass is 16.5. The van der Waals surface area contributed by atoms with Crippen molar-refractivity contribution in [1.29, 1.82) is 0 Å². The summed E-state index contributed by atoms with van der Waals surface area (Å²) in [4.78, 5) is 6.92. The van der Waals surface area contributed by atoms with Crippen molar-refractivity contribution in [2.45, 2.75) is 13.1 Å². The monoisotopic (exact) mass is 340 g/mol. The third kappa shape index (κ3) is 4.59. The number of para-hydroxylation sites is 1. The van der Waals surface area contributed by atoms with E-state index in [4.69, 9.17) is 9.47 Å². The van der Waals surface area contributed by atoms with Crippen LogP contribution in [0.4, 0.5) is 0 Å². The van der Waals surface area contributed by atoms with Gasteiger partial charge < -0.3 is 14.6 Å². The highest BCUT2D eigenvalue weighted by Gasteiger charge is 2.12. The number of morpholine rings is 1.